The smallest absolute Gasteiger partial charge is 0.0972 e. The van der Waals surface area contributed by atoms with Crippen LogP contribution in [-0.4, -0.2) is 13.5 Å². The van der Waals surface area contributed by atoms with Crippen molar-refractivity contribution in [1.29, 1.82) is 0 Å². The van der Waals surface area contributed by atoms with Gasteiger partial charge in [-0.3, -0.25) is 0 Å². The fourth-order valence-corrected chi connectivity index (χ4v) is 3.59. The summed E-state index contributed by atoms with van der Waals surface area (Å²) in [6.07, 6.45) is 10.5. The van der Waals surface area contributed by atoms with Gasteiger partial charge in [0, 0.05) is 0 Å². The third-order valence-electron chi connectivity index (χ3n) is 4.62. The molecule has 0 bridgehead atoms. The van der Waals surface area contributed by atoms with Gasteiger partial charge in [0.1, 0.15) is 0 Å². The van der Waals surface area contributed by atoms with E-state index in [1.54, 1.807) is 0 Å². The molecule has 2 heteroatoms. The average Bonchev–Trinajstić information content (AvgIpc) is 2.30. The molecule has 2 rings (SSSR count). The molecule has 0 aromatic heterocycles. The minimum atomic E-state index is -0.520. The normalized spacial score (nSPS) is 34.9. The Kier molecular flexibility index (Phi) is 4.72. The van der Waals surface area contributed by atoms with Crippen molar-refractivity contribution in [1.82, 2.24) is 0 Å². The Morgan fingerprint density at radius 3 is 2.44 bits per heavy atom. The van der Waals surface area contributed by atoms with Gasteiger partial charge in [0.25, 0.3) is 0 Å². The molecular weight excluding hydrogens is 198 g/mol. The number of halogens is 1. The van der Waals surface area contributed by atoms with Gasteiger partial charge >= 0.3 is 0 Å². The fourth-order valence-electron chi connectivity index (χ4n) is 3.59. The first-order chi connectivity index (χ1) is 7.75. The predicted octanol–water partition coefficient (Wildman–Crippen LogP) is 4.78. The molecule has 0 saturated heterocycles. The van der Waals surface area contributed by atoms with Crippen LogP contribution in [0.3, 0.4) is 0 Å². The standard InChI is InChI=1S/C14H25BF/c1-11(12-6-3-2-4-7-12)15-13-8-5-9-14(16)10-13/h11-14H,2-10H2,1H3/q-1. The Bertz CT molecular complexity index is 201. The van der Waals surface area contributed by atoms with Crippen molar-refractivity contribution in [2.45, 2.75) is 82.5 Å². The van der Waals surface area contributed by atoms with Crippen LogP contribution in [0.4, 0.5) is 4.39 Å². The third kappa shape index (κ3) is 3.50. The second kappa shape index (κ2) is 6.07. The van der Waals surface area contributed by atoms with Crippen molar-refractivity contribution in [2.24, 2.45) is 5.92 Å². The molecule has 0 heterocycles. The lowest BCUT2D eigenvalue weighted by molar-refractivity contribution is 0.249. The van der Waals surface area contributed by atoms with Crippen LogP contribution in [0, 0.1) is 5.92 Å². The van der Waals surface area contributed by atoms with Gasteiger partial charge in [-0.05, 0) is 6.42 Å². The van der Waals surface area contributed by atoms with E-state index in [0.29, 0.717) is 5.82 Å². The van der Waals surface area contributed by atoms with E-state index >= 15 is 0 Å². The first-order valence-electron chi connectivity index (χ1n) is 7.25. The summed E-state index contributed by atoms with van der Waals surface area (Å²) in [6.45, 7) is 2.36. The molecule has 0 aliphatic heterocycles. The van der Waals surface area contributed by atoms with Crippen molar-refractivity contribution >= 4 is 7.28 Å². The Balaban J connectivity index is 1.74. The van der Waals surface area contributed by atoms with Crippen molar-refractivity contribution < 1.29 is 4.39 Å². The van der Waals surface area contributed by atoms with E-state index in [2.05, 4.69) is 14.2 Å². The average molecular weight is 223 g/mol. The molecule has 0 aromatic carbocycles. The molecule has 3 unspecified atom stereocenters. The summed E-state index contributed by atoms with van der Waals surface area (Å²) in [6, 6.07) is 0. The number of alkyl halides is 1. The zero-order chi connectivity index (χ0) is 11.4. The fraction of sp³-hybridized carbons (Fsp3) is 1.00. The molecule has 0 aromatic rings. The van der Waals surface area contributed by atoms with E-state index in [0.717, 1.165) is 31.0 Å². The highest BCUT2D eigenvalue weighted by Crippen LogP contribution is 2.38. The zero-order valence-corrected chi connectivity index (χ0v) is 10.6. The van der Waals surface area contributed by atoms with Gasteiger partial charge < -0.3 is 7.28 Å². The number of hydrogen-bond acceptors (Lipinski definition) is 0. The molecule has 2 aliphatic rings. The van der Waals surface area contributed by atoms with Crippen molar-refractivity contribution in [2.75, 3.05) is 0 Å². The summed E-state index contributed by atoms with van der Waals surface area (Å²) in [4.78, 5) is 0. The Morgan fingerprint density at radius 1 is 1.00 bits per heavy atom. The maximum atomic E-state index is 13.3. The summed E-state index contributed by atoms with van der Waals surface area (Å²) in [5.74, 6) is 2.19. The van der Waals surface area contributed by atoms with Crippen molar-refractivity contribution in [3.63, 3.8) is 0 Å². The van der Waals surface area contributed by atoms with E-state index < -0.39 is 6.17 Å². The van der Waals surface area contributed by atoms with Crippen LogP contribution in [0.2, 0.25) is 11.6 Å². The van der Waals surface area contributed by atoms with E-state index in [1.807, 2.05) is 0 Å². The number of hydrogen-bond donors (Lipinski definition) is 0. The molecule has 16 heavy (non-hydrogen) atoms. The predicted molar refractivity (Wildman–Crippen MR) is 68.9 cm³/mol. The molecule has 2 radical (unpaired) electrons. The lowest BCUT2D eigenvalue weighted by Gasteiger charge is -2.43. The van der Waals surface area contributed by atoms with Crippen LogP contribution >= 0.6 is 0 Å². The highest BCUT2D eigenvalue weighted by molar-refractivity contribution is 6.39. The minimum absolute atomic E-state index is 0.520. The van der Waals surface area contributed by atoms with Gasteiger partial charge in [-0.1, -0.05) is 64.2 Å². The summed E-state index contributed by atoms with van der Waals surface area (Å²) >= 11 is 0. The van der Waals surface area contributed by atoms with E-state index in [1.165, 1.54) is 38.5 Å². The van der Waals surface area contributed by atoms with Gasteiger partial charge in [-0.25, -0.2) is 16.0 Å². The van der Waals surface area contributed by atoms with Crippen LogP contribution < -0.4 is 0 Å². The van der Waals surface area contributed by atoms with Gasteiger partial charge in [0.15, 0.2) is 0 Å². The lowest BCUT2D eigenvalue weighted by Crippen LogP contribution is -2.23. The Labute approximate surface area is 101 Å². The van der Waals surface area contributed by atoms with Crippen LogP contribution in [-0.2, 0) is 0 Å². The van der Waals surface area contributed by atoms with Crippen LogP contribution in [0.25, 0.3) is 0 Å². The quantitative estimate of drug-likeness (QED) is 0.604. The summed E-state index contributed by atoms with van der Waals surface area (Å²) < 4.78 is 13.3. The summed E-state index contributed by atoms with van der Waals surface area (Å²) in [5.41, 5.74) is 0. The summed E-state index contributed by atoms with van der Waals surface area (Å²) in [7, 11) is 2.49. The minimum Gasteiger partial charge on any atom is -0.328 e. The molecule has 2 fully saturated rings. The SMILES string of the molecule is CC([B-]C1CCCC(F)C1)C1CCCCC1. The maximum Gasteiger partial charge on any atom is 0.0972 e. The molecule has 3 atom stereocenters. The first kappa shape index (κ1) is 12.5. The van der Waals surface area contributed by atoms with E-state index in [9.17, 15) is 4.39 Å². The molecule has 0 nitrogen and oxygen atoms in total. The summed E-state index contributed by atoms with van der Waals surface area (Å²) in [5, 5.41) is 0. The Hall–Kier alpha value is -0.00506. The maximum absolute atomic E-state index is 13.3. The zero-order valence-electron chi connectivity index (χ0n) is 10.6. The lowest BCUT2D eigenvalue weighted by atomic mass is 9.48. The molecule has 0 N–H and O–H groups in total. The molecular formula is C14H25BF-. The van der Waals surface area contributed by atoms with E-state index in [4.69, 9.17) is 0 Å². The van der Waals surface area contributed by atoms with Crippen molar-refractivity contribution in [3.05, 3.63) is 0 Å². The molecule has 0 amide bonds. The van der Waals surface area contributed by atoms with Crippen LogP contribution in [0.1, 0.15) is 64.7 Å². The van der Waals surface area contributed by atoms with Gasteiger partial charge in [0.05, 0.1) is 6.17 Å². The Morgan fingerprint density at radius 2 is 1.75 bits per heavy atom. The largest absolute Gasteiger partial charge is 0.328 e. The van der Waals surface area contributed by atoms with E-state index in [-0.39, 0.29) is 0 Å². The molecule has 0 spiro atoms. The van der Waals surface area contributed by atoms with Gasteiger partial charge in [-0.15, -0.1) is 0 Å². The highest BCUT2D eigenvalue weighted by Gasteiger charge is 2.18. The second-order valence-corrected chi connectivity index (χ2v) is 5.97. The van der Waals surface area contributed by atoms with Gasteiger partial charge in [0.2, 0.25) is 0 Å². The first-order valence-corrected chi connectivity index (χ1v) is 7.25. The van der Waals surface area contributed by atoms with Gasteiger partial charge in [-0.2, -0.15) is 0 Å². The topological polar surface area (TPSA) is 0 Å². The molecule has 92 valence electrons. The molecule has 2 aliphatic carbocycles. The number of rotatable bonds is 3. The molecule has 2 saturated carbocycles. The van der Waals surface area contributed by atoms with Crippen molar-refractivity contribution in [3.8, 4) is 0 Å². The van der Waals surface area contributed by atoms with Crippen LogP contribution in [0.15, 0.2) is 0 Å². The van der Waals surface area contributed by atoms with Crippen LogP contribution in [0.5, 0.6) is 0 Å². The monoisotopic (exact) mass is 223 g/mol. The third-order valence-corrected chi connectivity index (χ3v) is 4.62. The highest BCUT2D eigenvalue weighted by atomic mass is 19.1. The second-order valence-electron chi connectivity index (χ2n) is 5.97.